The van der Waals surface area contributed by atoms with Crippen LogP contribution in [0.1, 0.15) is 23.4 Å². The van der Waals surface area contributed by atoms with Crippen molar-refractivity contribution < 1.29 is 24.5 Å². The number of allylic oxidation sites excluding steroid dienone is 1. The summed E-state index contributed by atoms with van der Waals surface area (Å²) in [7, 11) is 0. The topological polar surface area (TPSA) is 96.7 Å². The molecule has 27 heavy (non-hydrogen) atoms. The molecular formula is C20H17NO5S. The van der Waals surface area contributed by atoms with E-state index in [0.29, 0.717) is 12.2 Å². The monoisotopic (exact) mass is 383 g/mol. The molecule has 0 atom stereocenters. The van der Waals surface area contributed by atoms with E-state index in [4.69, 9.17) is 14.9 Å². The Kier molecular flexibility index (Phi) is 5.83. The van der Waals surface area contributed by atoms with E-state index in [9.17, 15) is 9.59 Å². The first-order valence-corrected chi connectivity index (χ1v) is 9.06. The lowest BCUT2D eigenvalue weighted by Crippen LogP contribution is -2.09. The zero-order chi connectivity index (χ0) is 19.2. The van der Waals surface area contributed by atoms with E-state index in [0.717, 1.165) is 26.4 Å². The quantitative estimate of drug-likeness (QED) is 0.606. The number of aromatic nitrogens is 1. The Morgan fingerprint density at radius 1 is 1.00 bits per heavy atom. The summed E-state index contributed by atoms with van der Waals surface area (Å²) < 4.78 is 6.17. The summed E-state index contributed by atoms with van der Waals surface area (Å²) in [5, 5.41) is 18.5. The number of nitrogens with zero attached hydrogens (tertiary/aromatic N) is 1. The second-order valence-electron chi connectivity index (χ2n) is 5.80. The largest absolute Gasteiger partial charge is 0.482 e. The molecule has 7 heteroatoms. The van der Waals surface area contributed by atoms with Gasteiger partial charge in [-0.2, -0.15) is 0 Å². The van der Waals surface area contributed by atoms with E-state index in [1.165, 1.54) is 11.3 Å². The number of fused-ring (bicyclic) bond motifs is 1. The van der Waals surface area contributed by atoms with Crippen molar-refractivity contribution in [2.45, 2.75) is 12.8 Å². The average molecular weight is 383 g/mol. The molecule has 0 spiro atoms. The maximum Gasteiger partial charge on any atom is 0.341 e. The van der Waals surface area contributed by atoms with Crippen molar-refractivity contribution in [3.63, 3.8) is 0 Å². The third-order valence-electron chi connectivity index (χ3n) is 3.76. The lowest BCUT2D eigenvalue weighted by atomic mass is 10.1. The Bertz CT molecular complexity index is 958. The van der Waals surface area contributed by atoms with Crippen LogP contribution in [0, 0.1) is 0 Å². The smallest absolute Gasteiger partial charge is 0.341 e. The molecule has 1 aromatic heterocycles. The summed E-state index contributed by atoms with van der Waals surface area (Å²) in [4.78, 5) is 26.2. The van der Waals surface area contributed by atoms with Gasteiger partial charge in [0.2, 0.25) is 0 Å². The van der Waals surface area contributed by atoms with E-state index in [1.54, 1.807) is 24.3 Å². The molecule has 0 bridgehead atoms. The fraction of sp³-hybridized carbons (Fsp3) is 0.150. The molecule has 0 aliphatic rings. The molecule has 138 valence electrons. The Balaban J connectivity index is 1.87. The number of benzene rings is 2. The first-order valence-electron chi connectivity index (χ1n) is 8.24. The minimum Gasteiger partial charge on any atom is -0.482 e. The number of rotatable bonds is 8. The molecule has 0 aliphatic heterocycles. The van der Waals surface area contributed by atoms with Crippen LogP contribution >= 0.6 is 11.3 Å². The van der Waals surface area contributed by atoms with Crippen molar-refractivity contribution >= 4 is 45.1 Å². The summed E-state index contributed by atoms with van der Waals surface area (Å²) >= 11 is 1.53. The molecule has 0 aliphatic carbocycles. The van der Waals surface area contributed by atoms with Crippen LogP contribution in [0.5, 0.6) is 5.75 Å². The predicted molar refractivity (Wildman–Crippen MR) is 104 cm³/mol. The highest BCUT2D eigenvalue weighted by Crippen LogP contribution is 2.31. The maximum atomic E-state index is 11.0. The fourth-order valence-electron chi connectivity index (χ4n) is 2.50. The Hall–Kier alpha value is -3.19. The van der Waals surface area contributed by atoms with Crippen LogP contribution < -0.4 is 4.74 Å². The van der Waals surface area contributed by atoms with Crippen molar-refractivity contribution in [1.29, 1.82) is 0 Å². The number of hydrogen-bond acceptors (Lipinski definition) is 5. The van der Waals surface area contributed by atoms with Crippen molar-refractivity contribution in [2.75, 3.05) is 6.61 Å². The summed E-state index contributed by atoms with van der Waals surface area (Å²) in [5.74, 6) is -1.44. The highest BCUT2D eigenvalue weighted by molar-refractivity contribution is 7.19. The van der Waals surface area contributed by atoms with Gasteiger partial charge in [-0.1, -0.05) is 24.3 Å². The van der Waals surface area contributed by atoms with Gasteiger partial charge in [0.25, 0.3) is 0 Å². The van der Waals surface area contributed by atoms with Crippen LogP contribution in [0.25, 0.3) is 21.9 Å². The minimum atomic E-state index is -1.04. The van der Waals surface area contributed by atoms with Gasteiger partial charge in [0.15, 0.2) is 6.61 Å². The third kappa shape index (κ3) is 5.15. The third-order valence-corrected chi connectivity index (χ3v) is 4.87. The van der Waals surface area contributed by atoms with Crippen molar-refractivity contribution in [3.8, 4) is 5.75 Å². The van der Waals surface area contributed by atoms with Crippen molar-refractivity contribution in [2.24, 2.45) is 0 Å². The van der Waals surface area contributed by atoms with E-state index >= 15 is 0 Å². The Morgan fingerprint density at radius 2 is 1.74 bits per heavy atom. The van der Waals surface area contributed by atoms with Crippen LogP contribution in [0.15, 0.2) is 48.5 Å². The highest BCUT2D eigenvalue weighted by Gasteiger charge is 2.11. The van der Waals surface area contributed by atoms with Crippen LogP contribution in [-0.4, -0.2) is 33.7 Å². The zero-order valence-corrected chi connectivity index (χ0v) is 15.1. The number of thiazole rings is 1. The molecule has 2 aromatic carbocycles. The van der Waals surface area contributed by atoms with Gasteiger partial charge in [0, 0.05) is 6.42 Å². The van der Waals surface area contributed by atoms with Crippen LogP contribution in [0.4, 0.5) is 0 Å². The number of carbonyl (C=O) groups is 2. The highest BCUT2D eigenvalue weighted by atomic mass is 32.1. The lowest BCUT2D eigenvalue weighted by Gasteiger charge is -2.05. The molecule has 1 heterocycles. The molecule has 0 amide bonds. The van der Waals surface area contributed by atoms with E-state index in [2.05, 4.69) is 4.98 Å². The SMILES string of the molecule is O=C(O)CCC(=Cc1ccc(OCC(=O)O)cc1)c1nc2ccccc2s1. The Labute approximate surface area is 159 Å². The van der Waals surface area contributed by atoms with Gasteiger partial charge < -0.3 is 14.9 Å². The van der Waals surface area contributed by atoms with Crippen LogP contribution in [-0.2, 0) is 9.59 Å². The molecule has 0 saturated heterocycles. The first-order chi connectivity index (χ1) is 13.0. The number of aliphatic carboxylic acids is 2. The normalized spacial score (nSPS) is 11.5. The molecule has 0 unspecified atom stereocenters. The molecular weight excluding hydrogens is 366 g/mol. The molecule has 0 fully saturated rings. The van der Waals surface area contributed by atoms with Gasteiger partial charge in [-0.25, -0.2) is 9.78 Å². The maximum absolute atomic E-state index is 11.0. The van der Waals surface area contributed by atoms with Crippen molar-refractivity contribution in [3.05, 3.63) is 59.1 Å². The van der Waals surface area contributed by atoms with Gasteiger partial charge in [0.05, 0.1) is 10.2 Å². The van der Waals surface area contributed by atoms with E-state index in [-0.39, 0.29) is 6.42 Å². The van der Waals surface area contributed by atoms with Crippen molar-refractivity contribution in [1.82, 2.24) is 4.98 Å². The average Bonchev–Trinajstić information content (AvgIpc) is 3.08. The number of carboxylic acid groups (broad SMARTS) is 2. The second kappa shape index (κ2) is 8.46. The summed E-state index contributed by atoms with van der Waals surface area (Å²) in [6, 6.07) is 14.7. The lowest BCUT2D eigenvalue weighted by molar-refractivity contribution is -0.139. The molecule has 0 radical (unpaired) electrons. The van der Waals surface area contributed by atoms with Gasteiger partial charge in [0.1, 0.15) is 10.8 Å². The van der Waals surface area contributed by atoms with Gasteiger partial charge in [-0.05, 0) is 47.9 Å². The molecule has 2 N–H and O–H groups in total. The van der Waals surface area contributed by atoms with Gasteiger partial charge in [-0.15, -0.1) is 11.3 Å². The number of para-hydroxylation sites is 1. The molecule has 3 rings (SSSR count). The minimum absolute atomic E-state index is 0.0154. The van der Waals surface area contributed by atoms with E-state index < -0.39 is 18.5 Å². The second-order valence-corrected chi connectivity index (χ2v) is 6.83. The summed E-state index contributed by atoms with van der Waals surface area (Å²) in [6.45, 7) is -0.398. The van der Waals surface area contributed by atoms with Crippen LogP contribution in [0.2, 0.25) is 0 Å². The number of hydrogen-bond donors (Lipinski definition) is 2. The molecule has 0 saturated carbocycles. The summed E-state index contributed by atoms with van der Waals surface area (Å²) in [5.41, 5.74) is 2.59. The number of ether oxygens (including phenoxy) is 1. The van der Waals surface area contributed by atoms with Crippen LogP contribution in [0.3, 0.4) is 0 Å². The zero-order valence-electron chi connectivity index (χ0n) is 14.3. The first kappa shape index (κ1) is 18.6. The predicted octanol–water partition coefficient (Wildman–Crippen LogP) is 4.17. The van der Waals surface area contributed by atoms with Gasteiger partial charge in [-0.3, -0.25) is 4.79 Å². The molecule has 3 aromatic rings. The number of carboxylic acids is 2. The fourth-order valence-corrected chi connectivity index (χ4v) is 3.51. The Morgan fingerprint density at radius 3 is 2.41 bits per heavy atom. The summed E-state index contributed by atoms with van der Waals surface area (Å²) in [6.07, 6.45) is 2.29. The molecule has 6 nitrogen and oxygen atoms in total. The van der Waals surface area contributed by atoms with Gasteiger partial charge >= 0.3 is 11.9 Å². The standard InChI is InChI=1S/C20H17NO5S/c22-18(23)10-7-14(20-21-16-3-1-2-4-17(16)27-20)11-13-5-8-15(9-6-13)26-12-19(24)25/h1-6,8-9,11H,7,10,12H2,(H,22,23)(H,24,25). The van der Waals surface area contributed by atoms with E-state index in [1.807, 2.05) is 30.3 Å².